The molecule has 0 fully saturated rings. The maximum absolute atomic E-state index is 10.0. The van der Waals surface area contributed by atoms with Gasteiger partial charge in [0.1, 0.15) is 11.8 Å². The lowest BCUT2D eigenvalue weighted by Gasteiger charge is -2.10. The molecule has 122 valence electrons. The number of aldehydes is 1. The third-order valence-electron chi connectivity index (χ3n) is 3.04. The Balaban J connectivity index is 0.000000219. The molecule has 0 amide bonds. The van der Waals surface area contributed by atoms with E-state index in [2.05, 4.69) is 9.97 Å². The number of hydrogen-bond acceptors (Lipinski definition) is 4. The zero-order chi connectivity index (χ0) is 17.4. The number of aliphatic hydroxyl groups is 1. The number of pyridine rings is 2. The minimum atomic E-state index is -0.782. The van der Waals surface area contributed by atoms with Crippen molar-refractivity contribution in [1.29, 1.82) is 0 Å². The van der Waals surface area contributed by atoms with E-state index in [1.165, 1.54) is 0 Å². The van der Waals surface area contributed by atoms with E-state index in [1.807, 2.05) is 6.07 Å². The van der Waals surface area contributed by atoms with Gasteiger partial charge in [0.2, 0.25) is 0 Å². The van der Waals surface area contributed by atoms with Gasteiger partial charge in [0.15, 0.2) is 6.29 Å². The van der Waals surface area contributed by atoms with E-state index in [1.54, 1.807) is 60.9 Å². The van der Waals surface area contributed by atoms with Crippen LogP contribution in [0.3, 0.4) is 0 Å². The molecule has 3 aromatic rings. The highest BCUT2D eigenvalue weighted by atomic mass is 35.5. The first-order valence-corrected chi connectivity index (χ1v) is 7.77. The lowest BCUT2D eigenvalue weighted by molar-refractivity contribution is 0.111. The van der Waals surface area contributed by atoms with E-state index in [9.17, 15) is 9.90 Å². The molecule has 0 saturated carbocycles. The highest BCUT2D eigenvalue weighted by Crippen LogP contribution is 2.27. The quantitative estimate of drug-likeness (QED) is 0.704. The standard InChI is InChI=1S/C12H9Cl2NO.C6H5NO/c13-9-5-4-8(7-10(9)14)12(16)11-3-1-2-6-15-11;8-5-6-3-1-2-4-7-6/h1-7,12,16H;1-5H. The third-order valence-corrected chi connectivity index (χ3v) is 3.77. The number of benzene rings is 1. The van der Waals surface area contributed by atoms with Crippen molar-refractivity contribution in [2.45, 2.75) is 6.10 Å². The van der Waals surface area contributed by atoms with Crippen LogP contribution in [-0.4, -0.2) is 21.4 Å². The average Bonchev–Trinajstić information content (AvgIpc) is 2.65. The lowest BCUT2D eigenvalue weighted by Crippen LogP contribution is -2.01. The van der Waals surface area contributed by atoms with Crippen molar-refractivity contribution in [2.75, 3.05) is 0 Å². The lowest BCUT2D eigenvalue weighted by atomic mass is 10.1. The average molecular weight is 361 g/mol. The molecule has 0 aliphatic rings. The summed E-state index contributed by atoms with van der Waals surface area (Å²) in [6.07, 6.45) is 3.16. The topological polar surface area (TPSA) is 63.1 Å². The van der Waals surface area contributed by atoms with Crippen LogP contribution in [0.25, 0.3) is 0 Å². The summed E-state index contributed by atoms with van der Waals surface area (Å²) in [6.45, 7) is 0. The molecule has 6 heteroatoms. The van der Waals surface area contributed by atoms with Gasteiger partial charge in [-0.1, -0.05) is 41.4 Å². The predicted octanol–water partition coefficient (Wildman–Crippen LogP) is 4.36. The van der Waals surface area contributed by atoms with Crippen molar-refractivity contribution in [1.82, 2.24) is 9.97 Å². The first-order valence-electron chi connectivity index (χ1n) is 7.02. The largest absolute Gasteiger partial charge is 0.382 e. The van der Waals surface area contributed by atoms with Crippen LogP contribution in [-0.2, 0) is 0 Å². The van der Waals surface area contributed by atoms with Crippen LogP contribution in [0.5, 0.6) is 0 Å². The Morgan fingerprint density at radius 3 is 2.12 bits per heavy atom. The van der Waals surface area contributed by atoms with Crippen LogP contribution in [0.4, 0.5) is 0 Å². The Morgan fingerprint density at radius 2 is 1.62 bits per heavy atom. The molecule has 2 heterocycles. The summed E-state index contributed by atoms with van der Waals surface area (Å²) in [7, 11) is 0. The van der Waals surface area contributed by atoms with E-state index in [4.69, 9.17) is 23.2 Å². The number of aliphatic hydroxyl groups excluding tert-OH is 1. The second kappa shape index (κ2) is 9.13. The summed E-state index contributed by atoms with van der Waals surface area (Å²) in [5.41, 5.74) is 1.74. The van der Waals surface area contributed by atoms with Gasteiger partial charge >= 0.3 is 0 Å². The van der Waals surface area contributed by atoms with Crippen LogP contribution in [0.1, 0.15) is 27.8 Å². The SMILES string of the molecule is O=Cc1ccccn1.OC(c1ccc(Cl)c(Cl)c1)c1ccccn1. The summed E-state index contributed by atoms with van der Waals surface area (Å²) in [4.78, 5) is 17.8. The molecular weight excluding hydrogens is 347 g/mol. The molecule has 0 aliphatic carbocycles. The fraction of sp³-hybridized carbons (Fsp3) is 0.0556. The molecule has 1 N–H and O–H groups in total. The molecule has 0 aliphatic heterocycles. The Morgan fingerprint density at radius 1 is 0.917 bits per heavy atom. The van der Waals surface area contributed by atoms with Gasteiger partial charge in [-0.25, -0.2) is 0 Å². The zero-order valence-corrected chi connectivity index (χ0v) is 14.0. The van der Waals surface area contributed by atoms with Crippen LogP contribution < -0.4 is 0 Å². The fourth-order valence-corrected chi connectivity index (χ4v) is 2.14. The summed E-state index contributed by atoms with van der Waals surface area (Å²) in [5, 5.41) is 10.9. The van der Waals surface area contributed by atoms with Crippen molar-refractivity contribution >= 4 is 29.5 Å². The molecule has 3 rings (SSSR count). The first kappa shape index (κ1) is 18.1. The van der Waals surface area contributed by atoms with Crippen LogP contribution >= 0.6 is 23.2 Å². The van der Waals surface area contributed by atoms with Crippen LogP contribution in [0.2, 0.25) is 10.0 Å². The predicted molar refractivity (Wildman–Crippen MR) is 94.4 cm³/mol. The van der Waals surface area contributed by atoms with Crippen molar-refractivity contribution < 1.29 is 9.90 Å². The van der Waals surface area contributed by atoms with Crippen molar-refractivity contribution in [3.05, 3.63) is 94.0 Å². The van der Waals surface area contributed by atoms with Gasteiger partial charge in [0, 0.05) is 12.4 Å². The minimum Gasteiger partial charge on any atom is -0.382 e. The number of nitrogens with zero attached hydrogens (tertiary/aromatic N) is 2. The highest BCUT2D eigenvalue weighted by Gasteiger charge is 2.12. The monoisotopic (exact) mass is 360 g/mol. The van der Waals surface area contributed by atoms with E-state index in [0.29, 0.717) is 27.0 Å². The van der Waals surface area contributed by atoms with Gasteiger partial charge in [-0.3, -0.25) is 14.8 Å². The van der Waals surface area contributed by atoms with Gasteiger partial charge in [0.25, 0.3) is 0 Å². The summed E-state index contributed by atoms with van der Waals surface area (Å²) >= 11 is 11.7. The number of halogens is 2. The summed E-state index contributed by atoms with van der Waals surface area (Å²) in [5.74, 6) is 0. The first-order chi connectivity index (χ1) is 11.6. The molecule has 1 unspecified atom stereocenters. The maximum Gasteiger partial charge on any atom is 0.168 e. The van der Waals surface area contributed by atoms with E-state index in [0.717, 1.165) is 6.29 Å². The number of rotatable bonds is 3. The number of hydrogen-bond donors (Lipinski definition) is 1. The smallest absolute Gasteiger partial charge is 0.168 e. The fourth-order valence-electron chi connectivity index (χ4n) is 1.84. The van der Waals surface area contributed by atoms with Gasteiger partial charge in [-0.2, -0.15) is 0 Å². The molecule has 1 aromatic carbocycles. The third kappa shape index (κ3) is 5.13. The number of aromatic nitrogens is 2. The Labute approximate surface area is 149 Å². The van der Waals surface area contributed by atoms with Gasteiger partial charge < -0.3 is 5.11 Å². The Kier molecular flexibility index (Phi) is 6.88. The van der Waals surface area contributed by atoms with Crippen molar-refractivity contribution in [3.63, 3.8) is 0 Å². The second-order valence-corrected chi connectivity index (χ2v) is 5.52. The molecule has 2 aromatic heterocycles. The van der Waals surface area contributed by atoms with Gasteiger partial charge in [-0.05, 0) is 42.0 Å². The van der Waals surface area contributed by atoms with Gasteiger partial charge in [-0.15, -0.1) is 0 Å². The van der Waals surface area contributed by atoms with E-state index in [-0.39, 0.29) is 0 Å². The molecule has 1 atom stereocenters. The Bertz CT molecular complexity index is 784. The minimum absolute atomic E-state index is 0.425. The molecule has 0 bridgehead atoms. The normalized spacial score (nSPS) is 11.1. The molecule has 0 saturated heterocycles. The highest BCUT2D eigenvalue weighted by molar-refractivity contribution is 6.42. The maximum atomic E-state index is 10.0. The zero-order valence-electron chi connectivity index (χ0n) is 12.5. The molecule has 0 radical (unpaired) electrons. The van der Waals surface area contributed by atoms with Crippen molar-refractivity contribution in [2.24, 2.45) is 0 Å². The summed E-state index contributed by atoms with van der Waals surface area (Å²) < 4.78 is 0. The molecule has 24 heavy (non-hydrogen) atoms. The second-order valence-electron chi connectivity index (χ2n) is 4.70. The molecule has 0 spiro atoms. The number of carbonyl (C=O) groups excluding carboxylic acids is 1. The van der Waals surface area contributed by atoms with Crippen molar-refractivity contribution in [3.8, 4) is 0 Å². The number of carbonyl (C=O) groups is 1. The molecular formula is C18H14Cl2N2O2. The molecule has 4 nitrogen and oxygen atoms in total. The van der Waals surface area contributed by atoms with Gasteiger partial charge in [0.05, 0.1) is 15.7 Å². The Hall–Kier alpha value is -2.27. The van der Waals surface area contributed by atoms with Crippen LogP contribution in [0.15, 0.2) is 67.0 Å². The summed E-state index contributed by atoms with van der Waals surface area (Å²) in [6, 6.07) is 15.6. The van der Waals surface area contributed by atoms with Crippen LogP contribution in [0, 0.1) is 0 Å². The van der Waals surface area contributed by atoms with E-state index >= 15 is 0 Å². The van der Waals surface area contributed by atoms with E-state index < -0.39 is 6.10 Å².